The van der Waals surface area contributed by atoms with Crippen molar-refractivity contribution in [3.05, 3.63) is 12.4 Å². The number of hydrogen-bond donors (Lipinski definition) is 1. The van der Waals surface area contributed by atoms with E-state index in [1.54, 1.807) is 0 Å². The Balaban J connectivity index is 2.05. The van der Waals surface area contributed by atoms with Crippen molar-refractivity contribution in [2.24, 2.45) is 5.92 Å². The summed E-state index contributed by atoms with van der Waals surface area (Å²) in [7, 11) is 0. The molecule has 1 fully saturated rings. The molecule has 1 saturated heterocycles. The first-order valence-corrected chi connectivity index (χ1v) is 5.01. The Morgan fingerprint density at radius 3 is 2.43 bits per heavy atom. The van der Waals surface area contributed by atoms with Gasteiger partial charge in [-0.05, 0) is 18.8 Å². The summed E-state index contributed by atoms with van der Waals surface area (Å²) in [5, 5.41) is 9.05. The summed E-state index contributed by atoms with van der Waals surface area (Å²) in [4.78, 5) is 10.3. The molecule has 0 aromatic carbocycles. The molecule has 2 rings (SSSR count). The predicted octanol–water partition coefficient (Wildman–Crippen LogP) is 1.42. The van der Waals surface area contributed by atoms with Crippen LogP contribution in [0, 0.1) is 5.92 Å². The summed E-state index contributed by atoms with van der Waals surface area (Å²) < 4.78 is 0. The van der Waals surface area contributed by atoms with Crippen molar-refractivity contribution >= 4 is 5.95 Å². The second-order valence-electron chi connectivity index (χ2n) is 3.91. The maximum absolute atomic E-state index is 9.05. The number of rotatable bonds is 1. The van der Waals surface area contributed by atoms with Crippen LogP contribution in [0.5, 0.6) is 5.75 Å². The summed E-state index contributed by atoms with van der Waals surface area (Å²) in [6, 6.07) is 0. The molecular weight excluding hydrogens is 178 g/mol. The molecule has 1 N–H and O–H groups in total. The van der Waals surface area contributed by atoms with Crippen LogP contribution in [-0.2, 0) is 0 Å². The molecule has 1 aliphatic heterocycles. The maximum atomic E-state index is 9.05. The summed E-state index contributed by atoms with van der Waals surface area (Å²) in [5.74, 6) is 1.66. The molecule has 0 unspecified atom stereocenters. The minimum Gasteiger partial charge on any atom is -0.505 e. The number of hydrogen-bond acceptors (Lipinski definition) is 4. The van der Waals surface area contributed by atoms with Crippen LogP contribution in [0.3, 0.4) is 0 Å². The Kier molecular flexibility index (Phi) is 2.52. The van der Waals surface area contributed by atoms with Crippen LogP contribution >= 0.6 is 0 Å². The van der Waals surface area contributed by atoms with Crippen molar-refractivity contribution in [1.82, 2.24) is 9.97 Å². The van der Waals surface area contributed by atoms with Gasteiger partial charge in [-0.25, -0.2) is 9.97 Å². The molecule has 0 amide bonds. The lowest BCUT2D eigenvalue weighted by atomic mass is 10.00. The van der Waals surface area contributed by atoms with E-state index in [1.807, 2.05) is 0 Å². The van der Waals surface area contributed by atoms with Crippen LogP contribution in [0.25, 0.3) is 0 Å². The number of aromatic nitrogens is 2. The van der Waals surface area contributed by atoms with Gasteiger partial charge in [-0.1, -0.05) is 6.92 Å². The highest BCUT2D eigenvalue weighted by Gasteiger charge is 2.17. The molecule has 0 saturated carbocycles. The van der Waals surface area contributed by atoms with Gasteiger partial charge in [0.2, 0.25) is 5.95 Å². The topological polar surface area (TPSA) is 49.2 Å². The standard InChI is InChI=1S/C10H15N3O/c1-8-2-4-13(5-3-8)10-11-6-9(14)7-12-10/h6-8,14H,2-5H2,1H3. The van der Waals surface area contributed by atoms with Gasteiger partial charge in [0.05, 0.1) is 12.4 Å². The second-order valence-corrected chi connectivity index (χ2v) is 3.91. The Labute approximate surface area is 83.6 Å². The van der Waals surface area contributed by atoms with Crippen LogP contribution in [0.2, 0.25) is 0 Å². The smallest absolute Gasteiger partial charge is 0.225 e. The van der Waals surface area contributed by atoms with Gasteiger partial charge < -0.3 is 10.0 Å². The maximum Gasteiger partial charge on any atom is 0.225 e. The van der Waals surface area contributed by atoms with Crippen LogP contribution in [-0.4, -0.2) is 28.2 Å². The molecule has 0 radical (unpaired) electrons. The van der Waals surface area contributed by atoms with E-state index in [0.29, 0.717) is 0 Å². The fourth-order valence-electron chi connectivity index (χ4n) is 1.69. The molecule has 4 heteroatoms. The van der Waals surface area contributed by atoms with E-state index in [1.165, 1.54) is 25.2 Å². The molecule has 0 aliphatic carbocycles. The molecular formula is C10H15N3O. The summed E-state index contributed by atoms with van der Waals surface area (Å²) >= 11 is 0. The number of piperidine rings is 1. The normalized spacial score (nSPS) is 18.5. The van der Waals surface area contributed by atoms with E-state index >= 15 is 0 Å². The zero-order chi connectivity index (χ0) is 9.97. The molecule has 0 spiro atoms. The van der Waals surface area contributed by atoms with Gasteiger partial charge in [0.25, 0.3) is 0 Å². The molecule has 14 heavy (non-hydrogen) atoms. The lowest BCUT2D eigenvalue weighted by molar-refractivity contribution is 0.432. The fourth-order valence-corrected chi connectivity index (χ4v) is 1.69. The molecule has 2 heterocycles. The molecule has 76 valence electrons. The number of aromatic hydroxyl groups is 1. The van der Waals surface area contributed by atoms with Crippen molar-refractivity contribution in [3.63, 3.8) is 0 Å². The minimum absolute atomic E-state index is 0.124. The van der Waals surface area contributed by atoms with E-state index in [-0.39, 0.29) is 5.75 Å². The SMILES string of the molecule is CC1CCN(c2ncc(O)cn2)CC1. The molecule has 4 nitrogen and oxygen atoms in total. The third-order valence-corrected chi connectivity index (χ3v) is 2.69. The first kappa shape index (κ1) is 9.24. The summed E-state index contributed by atoms with van der Waals surface area (Å²) in [6.45, 7) is 4.31. The largest absolute Gasteiger partial charge is 0.505 e. The quantitative estimate of drug-likeness (QED) is 0.732. The molecule has 1 aromatic rings. The highest BCUT2D eigenvalue weighted by atomic mass is 16.3. The third-order valence-electron chi connectivity index (χ3n) is 2.69. The van der Waals surface area contributed by atoms with Gasteiger partial charge in [-0.2, -0.15) is 0 Å². The fraction of sp³-hybridized carbons (Fsp3) is 0.600. The Morgan fingerprint density at radius 2 is 1.86 bits per heavy atom. The van der Waals surface area contributed by atoms with Crippen LogP contribution in [0.4, 0.5) is 5.95 Å². The monoisotopic (exact) mass is 193 g/mol. The molecule has 0 bridgehead atoms. The summed E-state index contributed by atoms with van der Waals surface area (Å²) in [5.41, 5.74) is 0. The van der Waals surface area contributed by atoms with Gasteiger partial charge >= 0.3 is 0 Å². The number of nitrogens with zero attached hydrogens (tertiary/aromatic N) is 3. The zero-order valence-corrected chi connectivity index (χ0v) is 8.35. The molecule has 0 atom stereocenters. The highest BCUT2D eigenvalue weighted by Crippen LogP contribution is 2.20. The van der Waals surface area contributed by atoms with Crippen molar-refractivity contribution in [2.45, 2.75) is 19.8 Å². The average molecular weight is 193 g/mol. The lowest BCUT2D eigenvalue weighted by Gasteiger charge is -2.30. The van der Waals surface area contributed by atoms with Crippen molar-refractivity contribution in [2.75, 3.05) is 18.0 Å². The molecule has 1 aromatic heterocycles. The Bertz CT molecular complexity index is 291. The highest BCUT2D eigenvalue weighted by molar-refractivity contribution is 5.31. The van der Waals surface area contributed by atoms with Crippen molar-refractivity contribution in [1.29, 1.82) is 0 Å². The van der Waals surface area contributed by atoms with E-state index in [4.69, 9.17) is 5.11 Å². The molecule has 1 aliphatic rings. The van der Waals surface area contributed by atoms with Crippen LogP contribution in [0.15, 0.2) is 12.4 Å². The van der Waals surface area contributed by atoms with Crippen LogP contribution < -0.4 is 4.90 Å². The van der Waals surface area contributed by atoms with Crippen molar-refractivity contribution < 1.29 is 5.11 Å². The average Bonchev–Trinajstić information content (AvgIpc) is 2.21. The van der Waals surface area contributed by atoms with Gasteiger partial charge in [-0.15, -0.1) is 0 Å². The third kappa shape index (κ3) is 1.95. The Morgan fingerprint density at radius 1 is 1.29 bits per heavy atom. The van der Waals surface area contributed by atoms with Crippen LogP contribution in [0.1, 0.15) is 19.8 Å². The van der Waals surface area contributed by atoms with E-state index in [2.05, 4.69) is 21.8 Å². The first-order chi connectivity index (χ1) is 6.75. The van der Waals surface area contributed by atoms with E-state index in [9.17, 15) is 0 Å². The number of anilines is 1. The second kappa shape index (κ2) is 3.82. The van der Waals surface area contributed by atoms with Gasteiger partial charge in [0.1, 0.15) is 0 Å². The lowest BCUT2D eigenvalue weighted by Crippen LogP contribution is -2.33. The predicted molar refractivity (Wildman–Crippen MR) is 54.3 cm³/mol. The van der Waals surface area contributed by atoms with Gasteiger partial charge in [0, 0.05) is 13.1 Å². The van der Waals surface area contributed by atoms with Gasteiger partial charge in [0.15, 0.2) is 5.75 Å². The Hall–Kier alpha value is -1.32. The van der Waals surface area contributed by atoms with E-state index in [0.717, 1.165) is 25.0 Å². The van der Waals surface area contributed by atoms with Gasteiger partial charge in [-0.3, -0.25) is 0 Å². The minimum atomic E-state index is 0.124. The van der Waals surface area contributed by atoms with E-state index < -0.39 is 0 Å². The zero-order valence-electron chi connectivity index (χ0n) is 8.35. The first-order valence-electron chi connectivity index (χ1n) is 5.01. The van der Waals surface area contributed by atoms with Crippen molar-refractivity contribution in [3.8, 4) is 5.75 Å². The summed E-state index contributed by atoms with van der Waals surface area (Å²) in [6.07, 6.45) is 5.29.